The summed E-state index contributed by atoms with van der Waals surface area (Å²) in [7, 11) is 0. The Bertz CT molecular complexity index is 430. The molecule has 0 aliphatic carbocycles. The summed E-state index contributed by atoms with van der Waals surface area (Å²) >= 11 is 3.18. The first-order valence-corrected chi connectivity index (χ1v) is 6.15. The van der Waals surface area contributed by atoms with Crippen LogP contribution in [0.15, 0.2) is 22.7 Å². The molecule has 0 aliphatic rings. The van der Waals surface area contributed by atoms with Crippen LogP contribution in [-0.2, 0) is 0 Å². The van der Waals surface area contributed by atoms with E-state index in [-0.39, 0.29) is 5.56 Å². The molecular formula is C12H12BrF3O2. The van der Waals surface area contributed by atoms with Crippen molar-refractivity contribution in [3.63, 3.8) is 0 Å². The Labute approximate surface area is 111 Å². The first-order valence-electron chi connectivity index (χ1n) is 5.36. The zero-order valence-corrected chi connectivity index (χ0v) is 11.3. The molecule has 0 fully saturated rings. The third-order valence-corrected chi connectivity index (χ3v) is 2.67. The van der Waals surface area contributed by atoms with Crippen LogP contribution >= 0.6 is 15.9 Å². The van der Waals surface area contributed by atoms with Crippen LogP contribution in [0, 0.1) is 0 Å². The lowest BCUT2D eigenvalue weighted by molar-refractivity contribution is -0.133. The fourth-order valence-electron chi connectivity index (χ4n) is 1.39. The van der Waals surface area contributed by atoms with Gasteiger partial charge in [-0.05, 0) is 25.1 Å². The topological polar surface area (TPSA) is 26.3 Å². The van der Waals surface area contributed by atoms with E-state index in [2.05, 4.69) is 15.9 Å². The molecule has 0 heterocycles. The number of benzene rings is 1. The van der Waals surface area contributed by atoms with Crippen molar-refractivity contribution in [2.45, 2.75) is 25.9 Å². The maximum Gasteiger partial charge on any atom is 0.389 e. The van der Waals surface area contributed by atoms with Crippen molar-refractivity contribution in [1.29, 1.82) is 0 Å². The molecule has 0 amide bonds. The van der Waals surface area contributed by atoms with E-state index in [1.165, 1.54) is 6.07 Å². The third kappa shape index (κ3) is 4.68. The average Bonchev–Trinajstić information content (AvgIpc) is 2.27. The monoisotopic (exact) mass is 324 g/mol. The van der Waals surface area contributed by atoms with Gasteiger partial charge in [-0.2, -0.15) is 13.2 Å². The summed E-state index contributed by atoms with van der Waals surface area (Å²) in [6.07, 6.45) is -6.02. The molecule has 0 aliphatic heterocycles. The summed E-state index contributed by atoms with van der Waals surface area (Å²) in [6, 6.07) is 4.71. The Hall–Kier alpha value is -1.04. The third-order valence-electron chi connectivity index (χ3n) is 2.18. The highest BCUT2D eigenvalue weighted by atomic mass is 79.9. The van der Waals surface area contributed by atoms with E-state index in [0.717, 1.165) is 0 Å². The van der Waals surface area contributed by atoms with Crippen molar-refractivity contribution in [3.05, 3.63) is 28.2 Å². The van der Waals surface area contributed by atoms with Crippen LogP contribution in [-0.4, -0.2) is 18.6 Å². The first-order chi connectivity index (χ1) is 8.33. The van der Waals surface area contributed by atoms with E-state index < -0.39 is 24.8 Å². The highest BCUT2D eigenvalue weighted by Gasteiger charge is 2.28. The summed E-state index contributed by atoms with van der Waals surface area (Å²) in [5.74, 6) is -0.259. The van der Waals surface area contributed by atoms with Crippen LogP contribution < -0.4 is 4.74 Å². The highest BCUT2D eigenvalue weighted by molar-refractivity contribution is 9.10. The molecule has 100 valence electrons. The Morgan fingerprint density at radius 1 is 1.39 bits per heavy atom. The molecule has 0 saturated carbocycles. The maximum absolute atomic E-state index is 12.1. The molecule has 0 aromatic heterocycles. The number of carbonyl (C=O) groups excluding carboxylic acids is 1. The molecule has 0 unspecified atom stereocenters. The highest BCUT2D eigenvalue weighted by Crippen LogP contribution is 2.27. The van der Waals surface area contributed by atoms with Gasteiger partial charge < -0.3 is 4.74 Å². The lowest BCUT2D eigenvalue weighted by Crippen LogP contribution is -2.12. The quantitative estimate of drug-likeness (QED) is 0.751. The number of ether oxygens (including phenoxy) is 1. The van der Waals surface area contributed by atoms with Gasteiger partial charge in [-0.25, -0.2) is 0 Å². The molecule has 18 heavy (non-hydrogen) atoms. The van der Waals surface area contributed by atoms with Crippen LogP contribution in [0.5, 0.6) is 5.75 Å². The van der Waals surface area contributed by atoms with E-state index in [1.807, 2.05) is 0 Å². The van der Waals surface area contributed by atoms with Crippen molar-refractivity contribution < 1.29 is 22.7 Å². The number of hydrogen-bond acceptors (Lipinski definition) is 2. The minimum atomic E-state index is -4.33. The van der Waals surface area contributed by atoms with Gasteiger partial charge in [0.25, 0.3) is 0 Å². The molecule has 0 radical (unpaired) electrons. The van der Waals surface area contributed by atoms with Crippen LogP contribution in [0.4, 0.5) is 13.2 Å². The number of ketones is 1. The summed E-state index contributed by atoms with van der Waals surface area (Å²) < 4.78 is 42.0. The second-order valence-electron chi connectivity index (χ2n) is 3.61. The first kappa shape index (κ1) is 15.0. The molecule has 1 aromatic rings. The largest absolute Gasteiger partial charge is 0.493 e. The van der Waals surface area contributed by atoms with E-state index >= 15 is 0 Å². The zero-order valence-electron chi connectivity index (χ0n) is 9.68. The maximum atomic E-state index is 12.1. The van der Waals surface area contributed by atoms with Crippen LogP contribution in [0.25, 0.3) is 0 Å². The molecule has 1 rings (SSSR count). The molecular weight excluding hydrogens is 313 g/mol. The summed E-state index contributed by atoms with van der Waals surface area (Å²) in [4.78, 5) is 11.7. The second-order valence-corrected chi connectivity index (χ2v) is 4.53. The van der Waals surface area contributed by atoms with Gasteiger partial charge in [-0.15, -0.1) is 0 Å². The normalized spacial score (nSPS) is 11.4. The van der Waals surface area contributed by atoms with E-state index in [4.69, 9.17) is 4.74 Å². The van der Waals surface area contributed by atoms with E-state index in [9.17, 15) is 18.0 Å². The van der Waals surface area contributed by atoms with Gasteiger partial charge in [0.2, 0.25) is 0 Å². The molecule has 2 nitrogen and oxygen atoms in total. The minimum absolute atomic E-state index is 0.176. The fraction of sp³-hybridized carbons (Fsp3) is 0.417. The van der Waals surface area contributed by atoms with E-state index in [1.54, 1.807) is 19.1 Å². The standard InChI is InChI=1S/C12H12BrF3O2/c1-2-18-11-4-3-8(13)7-9(11)10(17)5-6-12(14,15)16/h3-4,7H,2,5-6H2,1H3. The number of alkyl halides is 3. The van der Waals surface area contributed by atoms with Crippen molar-refractivity contribution >= 4 is 21.7 Å². The molecule has 1 aromatic carbocycles. The van der Waals surface area contributed by atoms with Crippen molar-refractivity contribution in [2.75, 3.05) is 6.61 Å². The van der Waals surface area contributed by atoms with Gasteiger partial charge in [0.05, 0.1) is 18.6 Å². The summed E-state index contributed by atoms with van der Waals surface area (Å²) in [5.41, 5.74) is 0.176. The van der Waals surface area contributed by atoms with Crippen molar-refractivity contribution in [3.8, 4) is 5.75 Å². The Morgan fingerprint density at radius 3 is 2.61 bits per heavy atom. The fourth-order valence-corrected chi connectivity index (χ4v) is 1.75. The van der Waals surface area contributed by atoms with Crippen LogP contribution in [0.1, 0.15) is 30.1 Å². The smallest absolute Gasteiger partial charge is 0.389 e. The van der Waals surface area contributed by atoms with Crippen molar-refractivity contribution in [1.82, 2.24) is 0 Å². The number of hydrogen-bond donors (Lipinski definition) is 0. The molecule has 6 heteroatoms. The number of carbonyl (C=O) groups is 1. The Kier molecular flexibility index (Phi) is 5.19. The average molecular weight is 325 g/mol. The van der Waals surface area contributed by atoms with Crippen LogP contribution in [0.3, 0.4) is 0 Å². The summed E-state index contributed by atoms with van der Waals surface area (Å²) in [6.45, 7) is 2.09. The van der Waals surface area contributed by atoms with Gasteiger partial charge in [0.15, 0.2) is 5.78 Å². The molecule has 0 bridgehead atoms. The minimum Gasteiger partial charge on any atom is -0.493 e. The van der Waals surface area contributed by atoms with Gasteiger partial charge >= 0.3 is 6.18 Å². The Morgan fingerprint density at radius 2 is 2.06 bits per heavy atom. The number of rotatable bonds is 5. The molecule has 0 saturated heterocycles. The SMILES string of the molecule is CCOc1ccc(Br)cc1C(=O)CCC(F)(F)F. The summed E-state index contributed by atoms with van der Waals surface area (Å²) in [5, 5.41) is 0. The van der Waals surface area contributed by atoms with Gasteiger partial charge in [0, 0.05) is 10.9 Å². The molecule has 0 N–H and O–H groups in total. The lowest BCUT2D eigenvalue weighted by atomic mass is 10.1. The van der Waals surface area contributed by atoms with Gasteiger partial charge in [-0.1, -0.05) is 15.9 Å². The predicted octanol–water partition coefficient (Wildman–Crippen LogP) is 4.37. The predicted molar refractivity (Wildman–Crippen MR) is 64.9 cm³/mol. The van der Waals surface area contributed by atoms with Gasteiger partial charge in [-0.3, -0.25) is 4.79 Å². The molecule has 0 atom stereocenters. The van der Waals surface area contributed by atoms with Crippen molar-refractivity contribution in [2.24, 2.45) is 0 Å². The zero-order chi connectivity index (χ0) is 13.8. The number of Topliss-reactive ketones (excluding diaryl/α,β-unsaturated/α-hetero) is 1. The molecule has 0 spiro atoms. The number of halogens is 4. The Balaban J connectivity index is 2.86. The van der Waals surface area contributed by atoms with Crippen LogP contribution in [0.2, 0.25) is 0 Å². The second kappa shape index (κ2) is 6.22. The van der Waals surface area contributed by atoms with Gasteiger partial charge in [0.1, 0.15) is 5.75 Å². The van der Waals surface area contributed by atoms with E-state index in [0.29, 0.717) is 16.8 Å². The lowest BCUT2D eigenvalue weighted by Gasteiger charge is -2.10.